The highest BCUT2D eigenvalue weighted by molar-refractivity contribution is 5.88. The van der Waals surface area contributed by atoms with Crippen molar-refractivity contribution in [3.63, 3.8) is 0 Å². The van der Waals surface area contributed by atoms with Gasteiger partial charge in [0.25, 0.3) is 0 Å². The number of nitrogens with one attached hydrogen (secondary N) is 2. The van der Waals surface area contributed by atoms with Crippen LogP contribution in [0.5, 0.6) is 0 Å². The van der Waals surface area contributed by atoms with Gasteiger partial charge in [-0.15, -0.1) is 0 Å². The predicted octanol–water partition coefficient (Wildman–Crippen LogP) is 3.98. The number of carbonyl (C=O) groups is 1. The summed E-state index contributed by atoms with van der Waals surface area (Å²) in [7, 11) is 0. The van der Waals surface area contributed by atoms with E-state index in [1.807, 2.05) is 48.5 Å². The quantitative estimate of drug-likeness (QED) is 0.677. The molecular weight excluding hydrogens is 288 g/mol. The van der Waals surface area contributed by atoms with Gasteiger partial charge < -0.3 is 15.0 Å². The number of esters is 1. The van der Waals surface area contributed by atoms with Crippen molar-refractivity contribution in [2.75, 3.05) is 5.32 Å². The van der Waals surface area contributed by atoms with E-state index < -0.39 is 0 Å². The molecular formula is C19H18N2O2. The molecule has 23 heavy (non-hydrogen) atoms. The molecule has 1 heterocycles. The highest BCUT2D eigenvalue weighted by Crippen LogP contribution is 2.13. The summed E-state index contributed by atoms with van der Waals surface area (Å²) in [6, 6.07) is 21.5. The first kappa shape index (κ1) is 14.9. The Balaban J connectivity index is 1.53. The molecule has 0 radical (unpaired) electrons. The largest absolute Gasteiger partial charge is 0.456 e. The molecule has 0 unspecified atom stereocenters. The van der Waals surface area contributed by atoms with Crippen molar-refractivity contribution in [1.29, 1.82) is 0 Å². The molecule has 0 atom stereocenters. The summed E-state index contributed by atoms with van der Waals surface area (Å²) in [5.74, 6) is -0.360. The Labute approximate surface area is 135 Å². The zero-order valence-corrected chi connectivity index (χ0v) is 12.7. The number of carbonyl (C=O) groups excluding carboxylic acids is 1. The van der Waals surface area contributed by atoms with Gasteiger partial charge in [-0.25, -0.2) is 4.79 Å². The van der Waals surface area contributed by atoms with Crippen molar-refractivity contribution in [2.24, 2.45) is 0 Å². The summed E-state index contributed by atoms with van der Waals surface area (Å²) in [4.78, 5) is 15.0. The second kappa shape index (κ2) is 7.31. The van der Waals surface area contributed by atoms with E-state index in [1.54, 1.807) is 12.3 Å². The monoisotopic (exact) mass is 306 g/mol. The zero-order valence-electron chi connectivity index (χ0n) is 12.7. The van der Waals surface area contributed by atoms with Crippen LogP contribution in [0.4, 0.5) is 5.69 Å². The Morgan fingerprint density at radius 1 is 0.957 bits per heavy atom. The van der Waals surface area contributed by atoms with Gasteiger partial charge in [0.05, 0.1) is 5.69 Å². The van der Waals surface area contributed by atoms with Crippen LogP contribution in [0.1, 0.15) is 21.6 Å². The highest BCUT2D eigenvalue weighted by atomic mass is 16.5. The van der Waals surface area contributed by atoms with E-state index in [1.165, 1.54) is 5.56 Å². The van der Waals surface area contributed by atoms with Crippen LogP contribution in [0.3, 0.4) is 0 Å². The summed E-state index contributed by atoms with van der Waals surface area (Å²) in [5, 5.41) is 3.27. The van der Waals surface area contributed by atoms with Gasteiger partial charge in [0.2, 0.25) is 0 Å². The Hall–Kier alpha value is -3.01. The van der Waals surface area contributed by atoms with Gasteiger partial charge in [-0.1, -0.05) is 60.7 Å². The molecule has 0 bridgehead atoms. The minimum atomic E-state index is -0.360. The standard InChI is InChI=1S/C19H18N2O2/c22-19(23-14-16-9-5-2-6-10-16)18-11-17(13-21-18)20-12-15-7-3-1-4-8-15/h1-11,13,20-21H,12,14H2. The third-order valence-electron chi connectivity index (χ3n) is 3.46. The van der Waals surface area contributed by atoms with E-state index >= 15 is 0 Å². The molecule has 2 aromatic carbocycles. The number of aromatic nitrogens is 1. The maximum atomic E-state index is 12.0. The fourth-order valence-corrected chi connectivity index (χ4v) is 2.22. The van der Waals surface area contributed by atoms with Crippen LogP contribution in [0, 0.1) is 0 Å². The molecule has 0 aliphatic rings. The fourth-order valence-electron chi connectivity index (χ4n) is 2.22. The normalized spacial score (nSPS) is 10.3. The Bertz CT molecular complexity index is 751. The summed E-state index contributed by atoms with van der Waals surface area (Å²) in [6.45, 7) is 0.975. The van der Waals surface area contributed by atoms with Crippen LogP contribution in [0.2, 0.25) is 0 Å². The van der Waals surface area contributed by atoms with Crippen molar-refractivity contribution < 1.29 is 9.53 Å². The Morgan fingerprint density at radius 3 is 2.30 bits per heavy atom. The van der Waals surface area contributed by atoms with Gasteiger partial charge in [-0.05, 0) is 17.2 Å². The molecule has 0 fully saturated rings. The Kier molecular flexibility index (Phi) is 4.74. The first-order chi connectivity index (χ1) is 11.3. The van der Waals surface area contributed by atoms with E-state index in [0.717, 1.165) is 11.3 Å². The second-order valence-corrected chi connectivity index (χ2v) is 5.20. The van der Waals surface area contributed by atoms with E-state index in [9.17, 15) is 4.79 Å². The van der Waals surface area contributed by atoms with Gasteiger partial charge in [-0.3, -0.25) is 0 Å². The maximum absolute atomic E-state index is 12.0. The number of hydrogen-bond acceptors (Lipinski definition) is 3. The molecule has 0 amide bonds. The molecule has 0 spiro atoms. The molecule has 4 nitrogen and oxygen atoms in total. The lowest BCUT2D eigenvalue weighted by Gasteiger charge is -2.04. The van der Waals surface area contributed by atoms with Crippen LogP contribution >= 0.6 is 0 Å². The molecule has 116 valence electrons. The lowest BCUT2D eigenvalue weighted by Crippen LogP contribution is -2.05. The number of hydrogen-bond donors (Lipinski definition) is 2. The first-order valence-electron chi connectivity index (χ1n) is 7.48. The molecule has 4 heteroatoms. The lowest BCUT2D eigenvalue weighted by atomic mass is 10.2. The van der Waals surface area contributed by atoms with E-state index in [4.69, 9.17) is 4.74 Å². The molecule has 0 saturated carbocycles. The first-order valence-corrected chi connectivity index (χ1v) is 7.48. The number of aromatic amines is 1. The van der Waals surface area contributed by atoms with Crippen molar-refractivity contribution in [2.45, 2.75) is 13.2 Å². The number of anilines is 1. The van der Waals surface area contributed by atoms with Crippen LogP contribution in [0.25, 0.3) is 0 Å². The Morgan fingerprint density at radius 2 is 1.61 bits per heavy atom. The molecule has 3 aromatic rings. The second-order valence-electron chi connectivity index (χ2n) is 5.20. The maximum Gasteiger partial charge on any atom is 0.355 e. The molecule has 0 saturated heterocycles. The molecule has 0 aliphatic heterocycles. The summed E-state index contributed by atoms with van der Waals surface area (Å²) in [6.07, 6.45) is 1.77. The third kappa shape index (κ3) is 4.23. The third-order valence-corrected chi connectivity index (χ3v) is 3.46. The smallest absolute Gasteiger partial charge is 0.355 e. The van der Waals surface area contributed by atoms with Gasteiger partial charge in [0.1, 0.15) is 12.3 Å². The molecule has 0 aliphatic carbocycles. The SMILES string of the molecule is O=C(OCc1ccccc1)c1cc(NCc2ccccc2)c[nH]1. The number of H-pyrrole nitrogens is 1. The number of rotatable bonds is 6. The summed E-state index contributed by atoms with van der Waals surface area (Å²) < 4.78 is 5.29. The lowest BCUT2D eigenvalue weighted by molar-refractivity contribution is 0.0466. The van der Waals surface area contributed by atoms with Crippen LogP contribution in [-0.2, 0) is 17.9 Å². The van der Waals surface area contributed by atoms with Crippen molar-refractivity contribution in [3.05, 3.63) is 89.7 Å². The average molecular weight is 306 g/mol. The van der Waals surface area contributed by atoms with Crippen LogP contribution in [0.15, 0.2) is 72.9 Å². The number of benzene rings is 2. The zero-order chi connectivity index (χ0) is 15.9. The van der Waals surface area contributed by atoms with Crippen molar-refractivity contribution in [3.8, 4) is 0 Å². The molecule has 3 rings (SSSR count). The number of ether oxygens (including phenoxy) is 1. The average Bonchev–Trinajstić information content (AvgIpc) is 3.09. The van der Waals surface area contributed by atoms with Gasteiger partial charge in [0, 0.05) is 12.7 Å². The summed E-state index contributed by atoms with van der Waals surface area (Å²) in [5.41, 5.74) is 3.45. The molecule has 2 N–H and O–H groups in total. The minimum Gasteiger partial charge on any atom is -0.456 e. The fraction of sp³-hybridized carbons (Fsp3) is 0.105. The molecule has 1 aromatic heterocycles. The van der Waals surface area contributed by atoms with Crippen LogP contribution in [-0.4, -0.2) is 11.0 Å². The van der Waals surface area contributed by atoms with Gasteiger partial charge in [-0.2, -0.15) is 0 Å². The van der Waals surface area contributed by atoms with Crippen molar-refractivity contribution >= 4 is 11.7 Å². The van der Waals surface area contributed by atoms with Gasteiger partial charge in [0.15, 0.2) is 0 Å². The summed E-state index contributed by atoms with van der Waals surface area (Å²) >= 11 is 0. The topological polar surface area (TPSA) is 54.1 Å². The highest BCUT2D eigenvalue weighted by Gasteiger charge is 2.10. The van der Waals surface area contributed by atoms with Crippen molar-refractivity contribution in [1.82, 2.24) is 4.98 Å². The van der Waals surface area contributed by atoms with E-state index in [0.29, 0.717) is 12.2 Å². The van der Waals surface area contributed by atoms with Gasteiger partial charge >= 0.3 is 5.97 Å². The predicted molar refractivity (Wildman–Crippen MR) is 90.1 cm³/mol. The van der Waals surface area contributed by atoms with E-state index in [2.05, 4.69) is 22.4 Å². The van der Waals surface area contributed by atoms with E-state index in [-0.39, 0.29) is 12.6 Å². The minimum absolute atomic E-state index is 0.269. The van der Waals surface area contributed by atoms with Crippen LogP contribution < -0.4 is 5.32 Å².